The summed E-state index contributed by atoms with van der Waals surface area (Å²) in [5.41, 5.74) is 1.28. The maximum absolute atomic E-state index is 6.70. The molecule has 1 aromatic carbocycles. The average Bonchev–Trinajstić information content (AvgIpc) is 2.97. The standard InChI is InChI=1S/C17H27N3OSSi/c1-17(2,3)23(4,5)21-14-11-13(12-9-7-6-8-10-12)20-15(14)18-16(22)19-20/h6-10,13-15H,11H2,1-5H3,(H2,18,19,22). The number of fused-ring (bicyclic) bond motifs is 1. The largest absolute Gasteiger partial charge is 0.410 e. The van der Waals surface area contributed by atoms with Crippen LogP contribution in [0.3, 0.4) is 0 Å². The SMILES string of the molecule is CC(C)(C)[Si](C)(C)OC1CC(c2ccccc2)N2N=C(S)NC12. The van der Waals surface area contributed by atoms with Crippen molar-refractivity contribution in [3.05, 3.63) is 35.9 Å². The van der Waals surface area contributed by atoms with Gasteiger partial charge in [0.05, 0.1) is 12.1 Å². The molecule has 23 heavy (non-hydrogen) atoms. The van der Waals surface area contributed by atoms with Crippen molar-refractivity contribution in [1.82, 2.24) is 10.3 Å². The van der Waals surface area contributed by atoms with Crippen molar-refractivity contribution in [1.29, 1.82) is 0 Å². The van der Waals surface area contributed by atoms with Crippen LogP contribution in [0.2, 0.25) is 18.1 Å². The van der Waals surface area contributed by atoms with Gasteiger partial charge in [0.25, 0.3) is 0 Å². The van der Waals surface area contributed by atoms with E-state index in [0.29, 0.717) is 5.17 Å². The van der Waals surface area contributed by atoms with Crippen LogP contribution < -0.4 is 5.32 Å². The molecule has 1 fully saturated rings. The third kappa shape index (κ3) is 3.16. The molecule has 2 heterocycles. The van der Waals surface area contributed by atoms with Gasteiger partial charge in [0.15, 0.2) is 13.5 Å². The van der Waals surface area contributed by atoms with Crippen LogP contribution in [0, 0.1) is 0 Å². The zero-order valence-electron chi connectivity index (χ0n) is 14.6. The first-order valence-electron chi connectivity index (χ1n) is 8.24. The molecule has 2 aliphatic heterocycles. The Morgan fingerprint density at radius 1 is 1.26 bits per heavy atom. The topological polar surface area (TPSA) is 36.9 Å². The summed E-state index contributed by atoms with van der Waals surface area (Å²) in [5, 5.41) is 11.0. The second-order valence-corrected chi connectivity index (χ2v) is 13.2. The Kier molecular flexibility index (Phi) is 4.27. The number of benzene rings is 1. The molecule has 0 aliphatic carbocycles. The minimum atomic E-state index is -1.82. The second kappa shape index (κ2) is 5.83. The third-order valence-corrected chi connectivity index (χ3v) is 10.1. The van der Waals surface area contributed by atoms with Crippen molar-refractivity contribution in [2.75, 3.05) is 0 Å². The molecule has 6 heteroatoms. The predicted octanol–water partition coefficient (Wildman–Crippen LogP) is 3.95. The van der Waals surface area contributed by atoms with E-state index in [1.165, 1.54) is 5.56 Å². The summed E-state index contributed by atoms with van der Waals surface area (Å²) in [5.74, 6) is 0. The molecule has 126 valence electrons. The quantitative estimate of drug-likeness (QED) is 0.641. The Labute approximate surface area is 145 Å². The molecule has 0 aromatic heterocycles. The van der Waals surface area contributed by atoms with Crippen LogP contribution >= 0.6 is 12.6 Å². The Bertz CT molecular complexity index is 600. The molecule has 3 unspecified atom stereocenters. The lowest BCUT2D eigenvalue weighted by Gasteiger charge is -2.39. The van der Waals surface area contributed by atoms with Gasteiger partial charge in [-0.15, -0.1) is 12.6 Å². The van der Waals surface area contributed by atoms with E-state index in [0.717, 1.165) is 6.42 Å². The van der Waals surface area contributed by atoms with Gasteiger partial charge < -0.3 is 9.74 Å². The zero-order chi connectivity index (χ0) is 16.8. The monoisotopic (exact) mass is 349 g/mol. The van der Waals surface area contributed by atoms with Crippen molar-refractivity contribution in [2.24, 2.45) is 5.10 Å². The molecule has 0 radical (unpaired) electrons. The predicted molar refractivity (Wildman–Crippen MR) is 101 cm³/mol. The summed E-state index contributed by atoms with van der Waals surface area (Å²) in [4.78, 5) is 0. The summed E-state index contributed by atoms with van der Waals surface area (Å²) in [6.45, 7) is 11.5. The number of nitrogens with zero attached hydrogens (tertiary/aromatic N) is 2. The molecule has 0 saturated carbocycles. The van der Waals surface area contributed by atoms with Crippen LogP contribution in [-0.2, 0) is 4.43 Å². The van der Waals surface area contributed by atoms with Crippen LogP contribution in [-0.4, -0.2) is 30.8 Å². The average molecular weight is 350 g/mol. The number of thiol groups is 1. The van der Waals surface area contributed by atoms with E-state index >= 15 is 0 Å². The normalized spacial score (nSPS) is 27.7. The molecule has 4 nitrogen and oxygen atoms in total. The van der Waals surface area contributed by atoms with E-state index in [9.17, 15) is 0 Å². The Hall–Kier alpha value is -0.983. The van der Waals surface area contributed by atoms with E-state index < -0.39 is 8.32 Å². The van der Waals surface area contributed by atoms with Gasteiger partial charge in [0.2, 0.25) is 0 Å². The minimum absolute atomic E-state index is 0.0850. The van der Waals surface area contributed by atoms with Gasteiger partial charge in [-0.2, -0.15) is 5.10 Å². The molecule has 0 bridgehead atoms. The number of hydrogen-bond donors (Lipinski definition) is 2. The summed E-state index contributed by atoms with van der Waals surface area (Å²) < 4.78 is 6.70. The Balaban J connectivity index is 1.84. The van der Waals surface area contributed by atoms with Crippen LogP contribution in [0.4, 0.5) is 0 Å². The smallest absolute Gasteiger partial charge is 0.192 e. The zero-order valence-corrected chi connectivity index (χ0v) is 16.5. The van der Waals surface area contributed by atoms with Gasteiger partial charge in [-0.1, -0.05) is 51.1 Å². The number of hydrogen-bond acceptors (Lipinski definition) is 4. The van der Waals surface area contributed by atoms with Gasteiger partial charge in [-0.3, -0.25) is 5.01 Å². The maximum atomic E-state index is 6.70. The first-order valence-corrected chi connectivity index (χ1v) is 11.6. The van der Waals surface area contributed by atoms with E-state index in [2.05, 4.69) is 92.3 Å². The summed E-state index contributed by atoms with van der Waals surface area (Å²) in [7, 11) is -1.82. The van der Waals surface area contributed by atoms with Crippen LogP contribution in [0.15, 0.2) is 35.4 Å². The fourth-order valence-electron chi connectivity index (χ4n) is 3.01. The molecule has 0 amide bonds. The van der Waals surface area contributed by atoms with Gasteiger partial charge in [-0.05, 0) is 23.7 Å². The lowest BCUT2D eigenvalue weighted by Crippen LogP contribution is -2.50. The summed E-state index contributed by atoms with van der Waals surface area (Å²) in [6.07, 6.45) is 1.18. The molecule has 2 aliphatic rings. The highest BCUT2D eigenvalue weighted by Gasteiger charge is 2.49. The van der Waals surface area contributed by atoms with E-state index in [1.54, 1.807) is 0 Å². The van der Waals surface area contributed by atoms with Crippen molar-refractivity contribution in [2.45, 2.75) is 63.6 Å². The molecule has 3 rings (SSSR count). The van der Waals surface area contributed by atoms with Crippen LogP contribution in [0.5, 0.6) is 0 Å². The number of nitrogens with one attached hydrogen (secondary N) is 1. The van der Waals surface area contributed by atoms with Crippen LogP contribution in [0.25, 0.3) is 0 Å². The minimum Gasteiger partial charge on any atom is -0.410 e. The van der Waals surface area contributed by atoms with Crippen molar-refractivity contribution in [3.8, 4) is 0 Å². The molecule has 3 atom stereocenters. The summed E-state index contributed by atoms with van der Waals surface area (Å²) in [6, 6.07) is 10.8. The molecule has 1 saturated heterocycles. The van der Waals surface area contributed by atoms with Gasteiger partial charge >= 0.3 is 0 Å². The highest BCUT2D eigenvalue weighted by molar-refractivity contribution is 7.96. The van der Waals surface area contributed by atoms with E-state index in [-0.39, 0.29) is 23.3 Å². The van der Waals surface area contributed by atoms with E-state index in [4.69, 9.17) is 4.43 Å². The molecule has 1 N–H and O–H groups in total. The number of hydrazone groups is 1. The van der Waals surface area contributed by atoms with Gasteiger partial charge in [0, 0.05) is 6.42 Å². The first kappa shape index (κ1) is 16.9. The molecule has 0 spiro atoms. The van der Waals surface area contributed by atoms with Gasteiger partial charge in [0.1, 0.15) is 6.17 Å². The Morgan fingerprint density at radius 2 is 1.91 bits per heavy atom. The molecule has 1 aromatic rings. The fourth-order valence-corrected chi connectivity index (χ4v) is 4.59. The first-order chi connectivity index (χ1) is 10.7. The maximum Gasteiger partial charge on any atom is 0.192 e. The number of rotatable bonds is 3. The number of amidine groups is 1. The second-order valence-electron chi connectivity index (χ2n) is 7.97. The molecular formula is C17H27N3OSSi. The molecular weight excluding hydrogens is 322 g/mol. The lowest BCUT2D eigenvalue weighted by atomic mass is 10.0. The highest BCUT2D eigenvalue weighted by Crippen LogP contribution is 2.44. The van der Waals surface area contributed by atoms with Gasteiger partial charge in [-0.25, -0.2) is 0 Å². The third-order valence-electron chi connectivity index (χ3n) is 5.34. The van der Waals surface area contributed by atoms with E-state index in [1.807, 2.05) is 0 Å². The Morgan fingerprint density at radius 3 is 2.52 bits per heavy atom. The lowest BCUT2D eigenvalue weighted by molar-refractivity contribution is 0.121. The summed E-state index contributed by atoms with van der Waals surface area (Å²) >= 11 is 4.41. The van der Waals surface area contributed by atoms with Crippen molar-refractivity contribution in [3.63, 3.8) is 0 Å². The fraction of sp³-hybridized carbons (Fsp3) is 0.588. The van der Waals surface area contributed by atoms with Crippen molar-refractivity contribution < 1.29 is 4.43 Å². The van der Waals surface area contributed by atoms with Crippen molar-refractivity contribution >= 4 is 26.1 Å². The van der Waals surface area contributed by atoms with Crippen LogP contribution in [0.1, 0.15) is 38.8 Å². The highest BCUT2D eigenvalue weighted by atomic mass is 32.1.